The second-order valence-corrected chi connectivity index (χ2v) is 11.3. The molecule has 0 radical (unpaired) electrons. The van der Waals surface area contributed by atoms with Crippen molar-refractivity contribution < 1.29 is 33.9 Å². The second kappa shape index (κ2) is 14.6. The number of aryl methyl sites for hydroxylation is 1. The van der Waals surface area contributed by atoms with Crippen LogP contribution >= 0.6 is 11.8 Å². The Morgan fingerprint density at radius 3 is 2.33 bits per heavy atom. The summed E-state index contributed by atoms with van der Waals surface area (Å²) in [5.74, 6) is -1.78. The van der Waals surface area contributed by atoms with Gasteiger partial charge in [0.25, 0.3) is 0 Å². The van der Waals surface area contributed by atoms with Crippen LogP contribution in [0, 0.1) is 6.92 Å². The molecule has 0 bridgehead atoms. The Kier molecular flexibility index (Phi) is 10.7. The standard InChI is InChI=1S/C30H35N5O7S/c1-18-14-26(34-42-18)33-27(39)16-43-17-28(40)35(23-11-9-22(10-12-23)31-19(2)36)29(20-8-13-24(37)25(38)15-20)30(41)32-21-6-4-3-5-7-21/h8-15,21,29,37-38H,3-7,16-17H2,1-2H3,(H,31,36)(H,32,41)(H,33,34,39)/t29-/m0/s1. The van der Waals surface area contributed by atoms with Crippen LogP contribution in [0.3, 0.4) is 0 Å². The summed E-state index contributed by atoms with van der Waals surface area (Å²) in [6, 6.07) is 10.7. The number of phenolic OH excluding ortho intramolecular Hbond substituents is 2. The largest absolute Gasteiger partial charge is 0.504 e. The lowest BCUT2D eigenvalue weighted by Crippen LogP contribution is -2.48. The first-order valence-electron chi connectivity index (χ1n) is 13.9. The first kappa shape index (κ1) is 31.4. The van der Waals surface area contributed by atoms with Gasteiger partial charge in [-0.05, 0) is 61.7 Å². The minimum absolute atomic E-state index is 0.0632. The SMILES string of the molecule is CC(=O)Nc1ccc(N(C(=O)CSCC(=O)Nc2cc(C)on2)[C@H](C(=O)NC2CCCCC2)c2ccc(O)c(O)c2)cc1. The van der Waals surface area contributed by atoms with E-state index in [1.807, 2.05) is 0 Å². The van der Waals surface area contributed by atoms with Crippen molar-refractivity contribution in [1.82, 2.24) is 10.5 Å². The van der Waals surface area contributed by atoms with Gasteiger partial charge in [-0.15, -0.1) is 11.8 Å². The molecular weight excluding hydrogens is 574 g/mol. The van der Waals surface area contributed by atoms with E-state index >= 15 is 0 Å². The maximum absolute atomic E-state index is 13.9. The number of rotatable bonds is 11. The number of anilines is 3. The molecule has 3 aromatic rings. The molecule has 1 saturated carbocycles. The fourth-order valence-electron chi connectivity index (χ4n) is 4.91. The van der Waals surface area contributed by atoms with Gasteiger partial charge in [0.05, 0.1) is 11.5 Å². The summed E-state index contributed by atoms with van der Waals surface area (Å²) in [6.07, 6.45) is 4.68. The van der Waals surface area contributed by atoms with Gasteiger partial charge in [0, 0.05) is 30.4 Å². The number of thioether (sulfide) groups is 1. The second-order valence-electron chi connectivity index (χ2n) is 10.3. The maximum Gasteiger partial charge on any atom is 0.248 e. The molecule has 2 aromatic carbocycles. The molecule has 1 aromatic heterocycles. The molecule has 43 heavy (non-hydrogen) atoms. The summed E-state index contributed by atoms with van der Waals surface area (Å²) in [7, 11) is 0. The zero-order chi connectivity index (χ0) is 30.9. The highest BCUT2D eigenvalue weighted by atomic mass is 32.2. The Balaban J connectivity index is 1.62. The first-order valence-corrected chi connectivity index (χ1v) is 15.1. The lowest BCUT2D eigenvalue weighted by atomic mass is 9.94. The van der Waals surface area contributed by atoms with Crippen LogP contribution in [0.4, 0.5) is 17.2 Å². The monoisotopic (exact) mass is 609 g/mol. The number of hydrogen-bond donors (Lipinski definition) is 5. The van der Waals surface area contributed by atoms with Gasteiger partial charge in [0.2, 0.25) is 23.6 Å². The van der Waals surface area contributed by atoms with E-state index in [-0.39, 0.29) is 46.5 Å². The van der Waals surface area contributed by atoms with Crippen molar-refractivity contribution in [3.05, 3.63) is 59.9 Å². The third-order valence-corrected chi connectivity index (χ3v) is 7.78. The van der Waals surface area contributed by atoms with Gasteiger partial charge in [-0.25, -0.2) is 0 Å². The van der Waals surface area contributed by atoms with E-state index in [1.165, 1.54) is 30.0 Å². The Morgan fingerprint density at radius 1 is 0.977 bits per heavy atom. The third-order valence-electron chi connectivity index (χ3n) is 6.86. The Morgan fingerprint density at radius 2 is 1.70 bits per heavy atom. The molecule has 1 heterocycles. The topological polar surface area (TPSA) is 174 Å². The molecule has 0 spiro atoms. The fraction of sp³-hybridized carbons (Fsp3) is 0.367. The van der Waals surface area contributed by atoms with Crippen LogP contribution in [-0.4, -0.2) is 56.5 Å². The molecule has 1 atom stereocenters. The summed E-state index contributed by atoms with van der Waals surface area (Å²) < 4.78 is 4.95. The fourth-order valence-corrected chi connectivity index (χ4v) is 5.58. The van der Waals surface area contributed by atoms with Gasteiger partial charge in [0.15, 0.2) is 17.3 Å². The van der Waals surface area contributed by atoms with Crippen molar-refractivity contribution in [2.24, 2.45) is 0 Å². The summed E-state index contributed by atoms with van der Waals surface area (Å²) in [5.41, 5.74) is 1.15. The molecule has 0 aliphatic heterocycles. The van der Waals surface area contributed by atoms with E-state index in [2.05, 4.69) is 21.1 Å². The van der Waals surface area contributed by atoms with Crippen LogP contribution in [-0.2, 0) is 19.2 Å². The van der Waals surface area contributed by atoms with Gasteiger partial charge < -0.3 is 30.7 Å². The highest BCUT2D eigenvalue weighted by molar-refractivity contribution is 8.00. The molecule has 13 heteroatoms. The van der Waals surface area contributed by atoms with Gasteiger partial charge in [0.1, 0.15) is 11.8 Å². The number of carbonyl (C=O) groups is 4. The molecule has 1 fully saturated rings. The van der Waals surface area contributed by atoms with Crippen molar-refractivity contribution in [1.29, 1.82) is 0 Å². The minimum Gasteiger partial charge on any atom is -0.504 e. The molecule has 228 valence electrons. The number of nitrogens with one attached hydrogen (secondary N) is 3. The maximum atomic E-state index is 13.9. The average Bonchev–Trinajstić information content (AvgIpc) is 3.38. The summed E-state index contributed by atoms with van der Waals surface area (Å²) >= 11 is 1.06. The first-order chi connectivity index (χ1) is 20.6. The third kappa shape index (κ3) is 8.74. The van der Waals surface area contributed by atoms with Crippen LogP contribution in [0.1, 0.15) is 56.4 Å². The van der Waals surface area contributed by atoms with Crippen molar-refractivity contribution in [2.45, 2.75) is 58.0 Å². The van der Waals surface area contributed by atoms with Crippen LogP contribution in [0.5, 0.6) is 11.5 Å². The smallest absolute Gasteiger partial charge is 0.248 e. The zero-order valence-corrected chi connectivity index (χ0v) is 24.8. The van der Waals surface area contributed by atoms with Gasteiger partial charge in [-0.1, -0.05) is 30.5 Å². The van der Waals surface area contributed by atoms with Crippen molar-refractivity contribution in [3.8, 4) is 11.5 Å². The van der Waals surface area contributed by atoms with Crippen LogP contribution < -0.4 is 20.9 Å². The van der Waals surface area contributed by atoms with Crippen molar-refractivity contribution in [3.63, 3.8) is 0 Å². The van der Waals surface area contributed by atoms with Crippen molar-refractivity contribution in [2.75, 3.05) is 27.0 Å². The van der Waals surface area contributed by atoms with E-state index in [0.717, 1.165) is 43.9 Å². The lowest BCUT2D eigenvalue weighted by molar-refractivity contribution is -0.126. The lowest BCUT2D eigenvalue weighted by Gasteiger charge is -2.33. The minimum atomic E-state index is -1.21. The Labute approximate surface area is 253 Å². The highest BCUT2D eigenvalue weighted by Crippen LogP contribution is 2.34. The number of phenols is 2. The number of aromatic hydroxyl groups is 2. The molecule has 0 unspecified atom stereocenters. The quantitative estimate of drug-likeness (QED) is 0.199. The van der Waals surface area contributed by atoms with Gasteiger partial charge in [-0.2, -0.15) is 0 Å². The Hall–Kier alpha value is -4.52. The summed E-state index contributed by atoms with van der Waals surface area (Å²) in [6.45, 7) is 3.08. The molecule has 4 rings (SSSR count). The van der Waals surface area contributed by atoms with Gasteiger partial charge in [-0.3, -0.25) is 24.1 Å². The molecule has 12 nitrogen and oxygen atoms in total. The zero-order valence-electron chi connectivity index (χ0n) is 24.0. The molecule has 1 aliphatic rings. The van der Waals surface area contributed by atoms with Crippen LogP contribution in [0.25, 0.3) is 0 Å². The molecule has 5 N–H and O–H groups in total. The molecule has 1 aliphatic carbocycles. The highest BCUT2D eigenvalue weighted by Gasteiger charge is 2.34. The molecule has 0 saturated heterocycles. The van der Waals surface area contributed by atoms with E-state index in [0.29, 0.717) is 17.1 Å². The normalized spacial score (nSPS) is 14.0. The van der Waals surface area contributed by atoms with Crippen LogP contribution in [0.15, 0.2) is 53.1 Å². The van der Waals surface area contributed by atoms with E-state index in [1.54, 1.807) is 37.3 Å². The predicted octanol–water partition coefficient (Wildman–Crippen LogP) is 4.25. The van der Waals surface area contributed by atoms with Crippen molar-refractivity contribution >= 4 is 52.6 Å². The predicted molar refractivity (Wildman–Crippen MR) is 163 cm³/mol. The van der Waals surface area contributed by atoms with E-state index in [9.17, 15) is 29.4 Å². The number of nitrogens with zero attached hydrogens (tertiary/aromatic N) is 2. The molecular formula is C30H35N5O7S. The number of carbonyl (C=O) groups excluding carboxylic acids is 4. The number of amides is 4. The average molecular weight is 610 g/mol. The summed E-state index contributed by atoms with van der Waals surface area (Å²) in [5, 5.41) is 32.3. The van der Waals surface area contributed by atoms with E-state index in [4.69, 9.17) is 4.52 Å². The molecule has 4 amide bonds. The number of benzene rings is 2. The Bertz CT molecular complexity index is 1450. The van der Waals surface area contributed by atoms with Gasteiger partial charge >= 0.3 is 0 Å². The number of aromatic nitrogens is 1. The number of hydrogen-bond acceptors (Lipinski definition) is 9. The van der Waals surface area contributed by atoms with E-state index < -0.39 is 23.6 Å². The van der Waals surface area contributed by atoms with Crippen LogP contribution in [0.2, 0.25) is 0 Å². The summed E-state index contributed by atoms with van der Waals surface area (Å²) in [4.78, 5) is 53.1.